The second-order valence-corrected chi connectivity index (χ2v) is 3.58. The molecule has 0 rings (SSSR count). The normalized spacial score (nSPS) is 13.0. The summed E-state index contributed by atoms with van der Waals surface area (Å²) in [5.41, 5.74) is 0. The number of hydrogen-bond acceptors (Lipinski definition) is 3. The van der Waals surface area contributed by atoms with E-state index in [0.717, 1.165) is 19.3 Å². The summed E-state index contributed by atoms with van der Waals surface area (Å²) in [5, 5.41) is 9.21. The molecule has 0 saturated carbocycles. The van der Waals surface area contributed by atoms with Crippen LogP contribution in [0.1, 0.15) is 46.5 Å². The number of hydrogen-bond donors (Lipinski definition) is 1. The second-order valence-electron chi connectivity index (χ2n) is 3.58. The topological polar surface area (TPSA) is 46.5 Å². The van der Waals surface area contributed by atoms with Gasteiger partial charge in [-0.05, 0) is 6.42 Å². The van der Waals surface area contributed by atoms with Gasteiger partial charge < -0.3 is 9.84 Å². The van der Waals surface area contributed by atoms with Crippen molar-refractivity contribution in [3.8, 4) is 0 Å². The molecule has 0 aromatic carbocycles. The highest BCUT2D eigenvalue weighted by Gasteiger charge is 2.13. The molecule has 78 valence electrons. The number of carbonyl (C=O) groups excluding carboxylic acids is 1. The minimum absolute atomic E-state index is 0.0323. The van der Waals surface area contributed by atoms with Crippen LogP contribution in [0.3, 0.4) is 0 Å². The first-order chi connectivity index (χ1) is 6.07. The Morgan fingerprint density at radius 3 is 2.46 bits per heavy atom. The summed E-state index contributed by atoms with van der Waals surface area (Å²) >= 11 is 0. The Labute approximate surface area is 80.1 Å². The third-order valence-electron chi connectivity index (χ3n) is 1.81. The predicted molar refractivity (Wildman–Crippen MR) is 51.1 cm³/mol. The fourth-order valence-electron chi connectivity index (χ4n) is 0.849. The lowest BCUT2D eigenvalue weighted by molar-refractivity contribution is -0.174. The van der Waals surface area contributed by atoms with Gasteiger partial charge in [-0.1, -0.05) is 33.6 Å². The fraction of sp³-hybridized carbons (Fsp3) is 0.900. The van der Waals surface area contributed by atoms with Crippen molar-refractivity contribution < 1.29 is 14.6 Å². The van der Waals surface area contributed by atoms with Crippen LogP contribution in [0.15, 0.2) is 0 Å². The van der Waals surface area contributed by atoms with Gasteiger partial charge in [0.05, 0.1) is 0 Å². The van der Waals surface area contributed by atoms with Gasteiger partial charge in [-0.15, -0.1) is 0 Å². The molecule has 1 unspecified atom stereocenters. The van der Waals surface area contributed by atoms with Crippen LogP contribution < -0.4 is 0 Å². The van der Waals surface area contributed by atoms with Gasteiger partial charge in [0.1, 0.15) is 0 Å². The molecule has 0 aliphatic rings. The Kier molecular flexibility index (Phi) is 6.59. The van der Waals surface area contributed by atoms with Crippen LogP contribution in [-0.2, 0) is 9.53 Å². The minimum Gasteiger partial charge on any atom is -0.436 e. The third kappa shape index (κ3) is 6.58. The van der Waals surface area contributed by atoms with Gasteiger partial charge in [-0.2, -0.15) is 0 Å². The molecular formula is C10H20O3. The standard InChI is InChI=1S/C10H20O3/c1-4-5-6-7-9(11)13-10(12)8(2)3/h8,10,12H,4-7H2,1-3H3. The molecule has 0 aromatic heterocycles. The van der Waals surface area contributed by atoms with E-state index in [1.54, 1.807) is 0 Å². The maximum Gasteiger partial charge on any atom is 0.308 e. The summed E-state index contributed by atoms with van der Waals surface area (Å²) in [5.74, 6) is -0.329. The molecule has 0 fully saturated rings. The van der Waals surface area contributed by atoms with E-state index >= 15 is 0 Å². The smallest absolute Gasteiger partial charge is 0.308 e. The molecule has 0 bridgehead atoms. The zero-order chi connectivity index (χ0) is 10.3. The predicted octanol–water partition coefficient (Wildman–Crippen LogP) is 2.08. The fourth-order valence-corrected chi connectivity index (χ4v) is 0.849. The average Bonchev–Trinajstić information content (AvgIpc) is 2.04. The van der Waals surface area contributed by atoms with Crippen LogP contribution in [0.2, 0.25) is 0 Å². The van der Waals surface area contributed by atoms with E-state index < -0.39 is 6.29 Å². The van der Waals surface area contributed by atoms with Crippen LogP contribution in [0, 0.1) is 5.92 Å². The van der Waals surface area contributed by atoms with Crippen LogP contribution in [0.25, 0.3) is 0 Å². The quantitative estimate of drug-likeness (QED) is 0.394. The zero-order valence-corrected chi connectivity index (χ0v) is 8.75. The van der Waals surface area contributed by atoms with Crippen molar-refractivity contribution >= 4 is 5.97 Å². The van der Waals surface area contributed by atoms with Crippen LogP contribution in [0.4, 0.5) is 0 Å². The Balaban J connectivity index is 3.50. The Morgan fingerprint density at radius 1 is 1.38 bits per heavy atom. The van der Waals surface area contributed by atoms with Gasteiger partial charge in [-0.25, -0.2) is 0 Å². The molecule has 0 aliphatic carbocycles. The highest BCUT2D eigenvalue weighted by molar-refractivity contribution is 5.69. The minimum atomic E-state index is -0.950. The molecule has 0 amide bonds. The van der Waals surface area contributed by atoms with Gasteiger partial charge in [-0.3, -0.25) is 4.79 Å². The Morgan fingerprint density at radius 2 is 2.00 bits per heavy atom. The number of rotatable bonds is 6. The second kappa shape index (κ2) is 6.89. The maximum atomic E-state index is 11.1. The van der Waals surface area contributed by atoms with E-state index in [4.69, 9.17) is 4.74 Å². The van der Waals surface area contributed by atoms with Crippen LogP contribution >= 0.6 is 0 Å². The molecule has 0 radical (unpaired) electrons. The van der Waals surface area contributed by atoms with Crippen molar-refractivity contribution in [2.45, 2.75) is 52.7 Å². The number of carbonyl (C=O) groups is 1. The lowest BCUT2D eigenvalue weighted by Gasteiger charge is -2.14. The van der Waals surface area contributed by atoms with E-state index in [1.807, 2.05) is 13.8 Å². The molecule has 13 heavy (non-hydrogen) atoms. The van der Waals surface area contributed by atoms with Crippen molar-refractivity contribution in [2.75, 3.05) is 0 Å². The van der Waals surface area contributed by atoms with E-state index in [9.17, 15) is 9.90 Å². The molecule has 1 N–H and O–H groups in total. The van der Waals surface area contributed by atoms with Crippen LogP contribution in [-0.4, -0.2) is 17.4 Å². The highest BCUT2D eigenvalue weighted by atomic mass is 16.6. The van der Waals surface area contributed by atoms with Gasteiger partial charge in [0.2, 0.25) is 6.29 Å². The molecule has 3 nitrogen and oxygen atoms in total. The highest BCUT2D eigenvalue weighted by Crippen LogP contribution is 2.06. The van der Waals surface area contributed by atoms with Crippen molar-refractivity contribution in [1.29, 1.82) is 0 Å². The molecule has 0 saturated heterocycles. The van der Waals surface area contributed by atoms with E-state index in [1.165, 1.54) is 0 Å². The lowest BCUT2D eigenvalue weighted by atomic mass is 10.2. The Bertz CT molecular complexity index is 143. The van der Waals surface area contributed by atoms with E-state index in [0.29, 0.717) is 6.42 Å². The largest absolute Gasteiger partial charge is 0.436 e. The molecule has 1 atom stereocenters. The van der Waals surface area contributed by atoms with E-state index in [2.05, 4.69) is 6.92 Å². The van der Waals surface area contributed by atoms with Gasteiger partial charge in [0.15, 0.2) is 0 Å². The summed E-state index contributed by atoms with van der Waals surface area (Å²) in [6.07, 6.45) is 2.43. The molecule has 0 spiro atoms. The van der Waals surface area contributed by atoms with Crippen LogP contribution in [0.5, 0.6) is 0 Å². The van der Waals surface area contributed by atoms with E-state index in [-0.39, 0.29) is 11.9 Å². The summed E-state index contributed by atoms with van der Waals surface area (Å²) in [4.78, 5) is 11.1. The average molecular weight is 188 g/mol. The number of aliphatic hydroxyl groups is 1. The summed E-state index contributed by atoms with van der Waals surface area (Å²) in [7, 11) is 0. The van der Waals surface area contributed by atoms with Gasteiger partial charge in [0.25, 0.3) is 0 Å². The molecule has 0 aromatic rings. The number of ether oxygens (including phenoxy) is 1. The Hall–Kier alpha value is -0.570. The summed E-state index contributed by atoms with van der Waals surface area (Å²) in [6.45, 7) is 5.70. The van der Waals surface area contributed by atoms with Gasteiger partial charge >= 0.3 is 5.97 Å². The monoisotopic (exact) mass is 188 g/mol. The number of esters is 1. The maximum absolute atomic E-state index is 11.1. The first-order valence-electron chi connectivity index (χ1n) is 4.95. The van der Waals surface area contributed by atoms with Crippen molar-refractivity contribution in [2.24, 2.45) is 5.92 Å². The van der Waals surface area contributed by atoms with Crippen molar-refractivity contribution in [3.63, 3.8) is 0 Å². The SMILES string of the molecule is CCCCCC(=O)OC(O)C(C)C. The van der Waals surface area contributed by atoms with Crippen molar-refractivity contribution in [1.82, 2.24) is 0 Å². The lowest BCUT2D eigenvalue weighted by Crippen LogP contribution is -2.22. The third-order valence-corrected chi connectivity index (χ3v) is 1.81. The first kappa shape index (κ1) is 12.4. The van der Waals surface area contributed by atoms with Gasteiger partial charge in [0, 0.05) is 12.3 Å². The first-order valence-corrected chi connectivity index (χ1v) is 4.95. The molecule has 0 heterocycles. The van der Waals surface area contributed by atoms with Crippen molar-refractivity contribution in [3.05, 3.63) is 0 Å². The zero-order valence-electron chi connectivity index (χ0n) is 8.75. The molecule has 3 heteroatoms. The molecule has 0 aliphatic heterocycles. The number of unbranched alkanes of at least 4 members (excludes halogenated alkanes) is 2. The summed E-state index contributed by atoms with van der Waals surface area (Å²) in [6, 6.07) is 0. The molecular weight excluding hydrogens is 168 g/mol. The number of aliphatic hydroxyl groups excluding tert-OH is 1. The summed E-state index contributed by atoms with van der Waals surface area (Å²) < 4.78 is 4.77.